The summed E-state index contributed by atoms with van der Waals surface area (Å²) in [5.74, 6) is 0.865. The van der Waals surface area contributed by atoms with Crippen molar-refractivity contribution in [3.8, 4) is 11.8 Å². The molecule has 0 aliphatic carbocycles. The van der Waals surface area contributed by atoms with Crippen LogP contribution in [0.5, 0.6) is 5.75 Å². The first kappa shape index (κ1) is 18.0. The lowest BCUT2D eigenvalue weighted by Gasteiger charge is -2.14. The minimum Gasteiger partial charge on any atom is -0.497 e. The van der Waals surface area contributed by atoms with Gasteiger partial charge in [0.1, 0.15) is 23.2 Å². The van der Waals surface area contributed by atoms with Crippen LogP contribution in [0, 0.1) is 18.3 Å². The largest absolute Gasteiger partial charge is 0.497 e. The summed E-state index contributed by atoms with van der Waals surface area (Å²) in [6.45, 7) is 3.79. The van der Waals surface area contributed by atoms with E-state index >= 15 is 0 Å². The van der Waals surface area contributed by atoms with Gasteiger partial charge in [-0.15, -0.1) is 0 Å². The summed E-state index contributed by atoms with van der Waals surface area (Å²) in [4.78, 5) is 16.4. The second kappa shape index (κ2) is 8.50. The van der Waals surface area contributed by atoms with E-state index in [1.54, 1.807) is 13.3 Å². The van der Waals surface area contributed by atoms with Gasteiger partial charge in [0.25, 0.3) is 5.91 Å². The monoisotopic (exact) mass is 336 g/mol. The van der Waals surface area contributed by atoms with Crippen LogP contribution in [0.2, 0.25) is 0 Å². The summed E-state index contributed by atoms with van der Waals surface area (Å²) >= 11 is 0. The third-order valence-corrected chi connectivity index (χ3v) is 3.61. The Kier molecular flexibility index (Phi) is 6.13. The van der Waals surface area contributed by atoms with Crippen LogP contribution in [-0.4, -0.2) is 18.0 Å². The number of nitrogens with zero attached hydrogens (tertiary/aromatic N) is 2. The highest BCUT2D eigenvalue weighted by Crippen LogP contribution is 2.17. The van der Waals surface area contributed by atoms with Crippen LogP contribution >= 0.6 is 0 Å². The highest BCUT2D eigenvalue weighted by Gasteiger charge is 2.14. The Morgan fingerprint density at radius 2 is 2.04 bits per heavy atom. The maximum atomic E-state index is 12.3. The highest BCUT2D eigenvalue weighted by molar-refractivity contribution is 5.97. The number of nitrogens with one attached hydrogen (secondary N) is 2. The van der Waals surface area contributed by atoms with Gasteiger partial charge in [-0.25, -0.2) is 4.98 Å². The van der Waals surface area contributed by atoms with Crippen molar-refractivity contribution in [1.82, 2.24) is 10.3 Å². The van der Waals surface area contributed by atoms with Gasteiger partial charge < -0.3 is 15.4 Å². The molecule has 0 aliphatic rings. The van der Waals surface area contributed by atoms with Crippen molar-refractivity contribution in [3.63, 3.8) is 0 Å². The number of aryl methyl sites for hydroxylation is 1. The van der Waals surface area contributed by atoms with Crippen molar-refractivity contribution < 1.29 is 9.53 Å². The van der Waals surface area contributed by atoms with Crippen LogP contribution in [0.25, 0.3) is 0 Å². The minimum absolute atomic E-state index is 0.0244. The SMILES string of the molecule is COc1ccc(C(C)NC(=O)/C(C#N)=C\Nc2cc(C)ccn2)cc1. The number of ether oxygens (including phenoxy) is 1. The van der Waals surface area contributed by atoms with E-state index in [1.807, 2.05) is 56.3 Å². The van der Waals surface area contributed by atoms with Crippen molar-refractivity contribution in [1.29, 1.82) is 5.26 Å². The van der Waals surface area contributed by atoms with E-state index in [-0.39, 0.29) is 11.6 Å². The first-order valence-electron chi connectivity index (χ1n) is 7.77. The van der Waals surface area contributed by atoms with Crippen molar-refractivity contribution in [2.75, 3.05) is 12.4 Å². The standard InChI is InChI=1S/C19H20N4O2/c1-13-8-9-21-18(10-13)22-12-16(11-20)19(24)23-14(2)15-4-6-17(25-3)7-5-15/h4-10,12,14H,1-3H3,(H,21,22)(H,23,24)/b16-12-. The van der Waals surface area contributed by atoms with Crippen molar-refractivity contribution in [2.24, 2.45) is 0 Å². The van der Waals surface area contributed by atoms with Crippen LogP contribution in [0.1, 0.15) is 24.1 Å². The van der Waals surface area contributed by atoms with Gasteiger partial charge in [-0.05, 0) is 49.2 Å². The Bertz CT molecular complexity index is 807. The number of rotatable bonds is 6. The molecule has 0 fully saturated rings. The van der Waals surface area contributed by atoms with Gasteiger partial charge in [0.05, 0.1) is 13.2 Å². The Hall–Kier alpha value is -3.33. The normalized spacial score (nSPS) is 12.0. The number of hydrogen-bond acceptors (Lipinski definition) is 5. The molecule has 1 atom stereocenters. The zero-order valence-electron chi connectivity index (χ0n) is 14.4. The van der Waals surface area contributed by atoms with E-state index in [2.05, 4.69) is 15.6 Å². The number of nitriles is 1. The molecule has 2 N–H and O–H groups in total. The molecule has 0 saturated carbocycles. The molecular weight excluding hydrogens is 316 g/mol. The molecule has 0 aliphatic heterocycles. The number of carbonyl (C=O) groups is 1. The average Bonchev–Trinajstić information content (AvgIpc) is 2.62. The van der Waals surface area contributed by atoms with Crippen LogP contribution in [-0.2, 0) is 4.79 Å². The molecule has 0 saturated heterocycles. The molecule has 1 aromatic carbocycles. The molecule has 0 radical (unpaired) electrons. The Morgan fingerprint density at radius 1 is 1.32 bits per heavy atom. The van der Waals surface area contributed by atoms with E-state index in [4.69, 9.17) is 4.74 Å². The molecule has 1 heterocycles. The van der Waals surface area contributed by atoms with Crippen molar-refractivity contribution in [2.45, 2.75) is 19.9 Å². The third-order valence-electron chi connectivity index (χ3n) is 3.61. The quantitative estimate of drug-likeness (QED) is 0.625. The molecule has 1 amide bonds. The molecular formula is C19H20N4O2. The molecule has 1 unspecified atom stereocenters. The first-order valence-corrected chi connectivity index (χ1v) is 7.77. The van der Waals surface area contributed by atoms with Gasteiger partial charge in [-0.2, -0.15) is 5.26 Å². The second-order valence-electron chi connectivity index (χ2n) is 5.50. The van der Waals surface area contributed by atoms with Crippen LogP contribution < -0.4 is 15.4 Å². The lowest BCUT2D eigenvalue weighted by Crippen LogP contribution is -2.28. The molecule has 0 spiro atoms. The number of hydrogen-bond donors (Lipinski definition) is 2. The van der Waals surface area contributed by atoms with Crippen molar-refractivity contribution >= 4 is 11.7 Å². The third kappa shape index (κ3) is 5.08. The van der Waals surface area contributed by atoms with Crippen LogP contribution in [0.4, 0.5) is 5.82 Å². The fourth-order valence-corrected chi connectivity index (χ4v) is 2.16. The fourth-order valence-electron chi connectivity index (χ4n) is 2.16. The molecule has 2 aromatic rings. The Balaban J connectivity index is 2.03. The molecule has 25 heavy (non-hydrogen) atoms. The smallest absolute Gasteiger partial charge is 0.263 e. The zero-order valence-corrected chi connectivity index (χ0v) is 14.4. The number of anilines is 1. The number of pyridine rings is 1. The summed E-state index contributed by atoms with van der Waals surface area (Å²) in [5.41, 5.74) is 1.92. The summed E-state index contributed by atoms with van der Waals surface area (Å²) < 4.78 is 5.11. The summed E-state index contributed by atoms with van der Waals surface area (Å²) in [6, 6.07) is 12.7. The fraction of sp³-hybridized carbons (Fsp3) is 0.211. The topological polar surface area (TPSA) is 87.0 Å². The van der Waals surface area contributed by atoms with E-state index < -0.39 is 5.91 Å². The van der Waals surface area contributed by atoms with Gasteiger partial charge >= 0.3 is 0 Å². The predicted molar refractivity (Wildman–Crippen MR) is 95.8 cm³/mol. The van der Waals surface area contributed by atoms with Gasteiger partial charge in [0, 0.05) is 12.4 Å². The van der Waals surface area contributed by atoms with Crippen molar-refractivity contribution in [3.05, 3.63) is 65.5 Å². The summed E-state index contributed by atoms with van der Waals surface area (Å²) in [6.07, 6.45) is 3.02. The molecule has 6 nitrogen and oxygen atoms in total. The van der Waals surface area contributed by atoms with E-state index in [0.29, 0.717) is 5.82 Å². The summed E-state index contributed by atoms with van der Waals surface area (Å²) in [5, 5.41) is 14.9. The second-order valence-corrected chi connectivity index (χ2v) is 5.50. The lowest BCUT2D eigenvalue weighted by molar-refractivity contribution is -0.117. The number of benzene rings is 1. The highest BCUT2D eigenvalue weighted by atomic mass is 16.5. The maximum Gasteiger partial charge on any atom is 0.263 e. The van der Waals surface area contributed by atoms with E-state index in [9.17, 15) is 10.1 Å². The molecule has 0 bridgehead atoms. The average molecular weight is 336 g/mol. The lowest BCUT2D eigenvalue weighted by atomic mass is 10.1. The van der Waals surface area contributed by atoms with E-state index in [1.165, 1.54) is 6.20 Å². The van der Waals surface area contributed by atoms with Gasteiger partial charge in [-0.1, -0.05) is 12.1 Å². The number of amides is 1. The van der Waals surface area contributed by atoms with Gasteiger partial charge in [0.15, 0.2) is 0 Å². The molecule has 128 valence electrons. The number of methoxy groups -OCH3 is 1. The molecule has 1 aromatic heterocycles. The summed E-state index contributed by atoms with van der Waals surface area (Å²) in [7, 11) is 1.60. The Morgan fingerprint density at radius 3 is 2.64 bits per heavy atom. The maximum absolute atomic E-state index is 12.3. The Labute approximate surface area is 147 Å². The molecule has 2 rings (SSSR count). The number of carbonyl (C=O) groups excluding carboxylic acids is 1. The number of aromatic nitrogens is 1. The molecule has 6 heteroatoms. The predicted octanol–water partition coefficient (Wildman–Crippen LogP) is 3.10. The van der Waals surface area contributed by atoms with Gasteiger partial charge in [-0.3, -0.25) is 4.79 Å². The van der Waals surface area contributed by atoms with E-state index in [0.717, 1.165) is 16.9 Å². The van der Waals surface area contributed by atoms with Gasteiger partial charge in [0.2, 0.25) is 0 Å². The van der Waals surface area contributed by atoms with Crippen LogP contribution in [0.3, 0.4) is 0 Å². The van der Waals surface area contributed by atoms with Crippen LogP contribution in [0.15, 0.2) is 54.4 Å². The zero-order chi connectivity index (χ0) is 18.2. The first-order chi connectivity index (χ1) is 12.0. The minimum atomic E-state index is -0.453.